The van der Waals surface area contributed by atoms with E-state index < -0.39 is 0 Å². The number of unbranched alkanes of at least 4 members (excludes halogenated alkanes) is 7. The molecule has 101 valence electrons. The fourth-order valence-electron chi connectivity index (χ4n) is 2.29. The molecule has 0 heterocycles. The van der Waals surface area contributed by atoms with Crippen LogP contribution < -0.4 is 5.73 Å². The van der Waals surface area contributed by atoms with Crippen LogP contribution in [-0.2, 0) is 0 Å². The summed E-state index contributed by atoms with van der Waals surface area (Å²) in [6.45, 7) is 2.27. The van der Waals surface area contributed by atoms with E-state index in [0.717, 1.165) is 12.0 Å². The molecule has 0 bridgehead atoms. The minimum Gasteiger partial charge on any atom is -0.324 e. The Morgan fingerprint density at radius 2 is 1.67 bits per heavy atom. The Kier molecular flexibility index (Phi) is 8.58. The fourth-order valence-corrected chi connectivity index (χ4v) is 2.29. The Hall–Kier alpha value is -0.820. The molecule has 1 radical (unpaired) electrons. The topological polar surface area (TPSA) is 26.0 Å². The van der Waals surface area contributed by atoms with Gasteiger partial charge >= 0.3 is 0 Å². The summed E-state index contributed by atoms with van der Waals surface area (Å²) in [4.78, 5) is 0. The number of hydrogen-bond donors (Lipinski definition) is 1. The molecule has 0 aliphatic carbocycles. The molecule has 1 aromatic rings. The second-order valence-corrected chi connectivity index (χ2v) is 5.19. The molecule has 18 heavy (non-hydrogen) atoms. The van der Waals surface area contributed by atoms with Crippen LogP contribution in [0.25, 0.3) is 0 Å². The molecule has 1 atom stereocenters. The molecule has 0 aliphatic heterocycles. The predicted octanol–water partition coefficient (Wildman–Crippen LogP) is 5.02. The lowest BCUT2D eigenvalue weighted by Crippen LogP contribution is -2.09. The van der Waals surface area contributed by atoms with Gasteiger partial charge in [-0.3, -0.25) is 0 Å². The van der Waals surface area contributed by atoms with Crippen molar-refractivity contribution in [2.75, 3.05) is 0 Å². The van der Waals surface area contributed by atoms with Crippen molar-refractivity contribution in [1.29, 1.82) is 0 Å². The average Bonchev–Trinajstić information content (AvgIpc) is 2.42. The van der Waals surface area contributed by atoms with Crippen LogP contribution in [-0.4, -0.2) is 0 Å². The number of hydrogen-bond acceptors (Lipinski definition) is 1. The van der Waals surface area contributed by atoms with Gasteiger partial charge in [0.25, 0.3) is 0 Å². The van der Waals surface area contributed by atoms with Crippen LogP contribution in [0.2, 0.25) is 0 Å². The van der Waals surface area contributed by atoms with Gasteiger partial charge in [0.1, 0.15) is 0 Å². The van der Waals surface area contributed by atoms with Crippen LogP contribution in [0.15, 0.2) is 24.3 Å². The quantitative estimate of drug-likeness (QED) is 0.576. The monoisotopic (exact) mass is 246 g/mol. The molecule has 0 amide bonds. The highest BCUT2D eigenvalue weighted by Gasteiger charge is 2.04. The van der Waals surface area contributed by atoms with E-state index in [4.69, 9.17) is 5.73 Å². The molecule has 1 unspecified atom stereocenters. The van der Waals surface area contributed by atoms with E-state index >= 15 is 0 Å². The molecule has 0 aliphatic rings. The second kappa shape index (κ2) is 10.1. The lowest BCUT2D eigenvalue weighted by molar-refractivity contribution is 0.536. The summed E-state index contributed by atoms with van der Waals surface area (Å²) in [6, 6.07) is 11.5. The summed E-state index contributed by atoms with van der Waals surface area (Å²) < 4.78 is 0. The van der Waals surface area contributed by atoms with E-state index in [2.05, 4.69) is 19.1 Å². The Bertz CT molecular complexity index is 281. The zero-order valence-electron chi connectivity index (χ0n) is 11.8. The van der Waals surface area contributed by atoms with Crippen molar-refractivity contribution in [3.63, 3.8) is 0 Å². The van der Waals surface area contributed by atoms with E-state index in [0.29, 0.717) is 0 Å². The first-order chi connectivity index (χ1) is 8.84. The summed E-state index contributed by atoms with van der Waals surface area (Å²) in [5.41, 5.74) is 7.30. The maximum absolute atomic E-state index is 6.14. The van der Waals surface area contributed by atoms with Crippen LogP contribution in [0.5, 0.6) is 0 Å². The molecule has 1 nitrogen and oxygen atoms in total. The highest BCUT2D eigenvalue weighted by atomic mass is 14.6. The van der Waals surface area contributed by atoms with Gasteiger partial charge in [-0.25, -0.2) is 0 Å². The Labute approximate surface area is 113 Å². The van der Waals surface area contributed by atoms with Gasteiger partial charge in [0.05, 0.1) is 0 Å². The Balaban J connectivity index is 1.98. The van der Waals surface area contributed by atoms with E-state index in [9.17, 15) is 0 Å². The van der Waals surface area contributed by atoms with Crippen LogP contribution in [0.3, 0.4) is 0 Å². The van der Waals surface area contributed by atoms with Crippen molar-refractivity contribution in [3.05, 3.63) is 35.9 Å². The van der Waals surface area contributed by atoms with Crippen molar-refractivity contribution in [2.45, 2.75) is 70.8 Å². The summed E-state index contributed by atoms with van der Waals surface area (Å²) >= 11 is 0. The van der Waals surface area contributed by atoms with Gasteiger partial charge < -0.3 is 5.73 Å². The summed E-state index contributed by atoms with van der Waals surface area (Å²) in [5, 5.41) is 0. The lowest BCUT2D eigenvalue weighted by atomic mass is 10.0. The number of benzene rings is 1. The zero-order chi connectivity index (χ0) is 13.1. The minimum atomic E-state index is 0.172. The molecule has 0 aromatic heterocycles. The maximum atomic E-state index is 6.14. The first-order valence-electron chi connectivity index (χ1n) is 7.56. The smallest absolute Gasteiger partial charge is 0.0301 e. The van der Waals surface area contributed by atoms with Gasteiger partial charge in [0.2, 0.25) is 0 Å². The third-order valence-electron chi connectivity index (χ3n) is 3.50. The molecule has 0 saturated heterocycles. The van der Waals surface area contributed by atoms with E-state index in [1.807, 2.05) is 18.2 Å². The molecule has 0 fully saturated rings. The standard InChI is InChI=1S/C17H28N/c1-2-3-4-5-6-7-8-12-15-17(18)16-13-10-9-11-14-16/h9-11,13,17H,2-8,12,15,18H2,1H3. The predicted molar refractivity (Wildman–Crippen MR) is 79.4 cm³/mol. The maximum Gasteiger partial charge on any atom is 0.0301 e. The van der Waals surface area contributed by atoms with Crippen LogP contribution in [0, 0.1) is 6.07 Å². The average molecular weight is 246 g/mol. The van der Waals surface area contributed by atoms with Crippen LogP contribution >= 0.6 is 0 Å². The van der Waals surface area contributed by atoms with Crippen molar-refractivity contribution in [1.82, 2.24) is 0 Å². The normalized spacial score (nSPS) is 12.6. The molecule has 2 N–H and O–H groups in total. The Morgan fingerprint density at radius 3 is 2.28 bits per heavy atom. The second-order valence-electron chi connectivity index (χ2n) is 5.19. The fraction of sp³-hybridized carbons (Fsp3) is 0.647. The Morgan fingerprint density at radius 1 is 1.00 bits per heavy atom. The SMILES string of the molecule is CCCCCCCCCCC(N)c1[c]cccc1. The van der Waals surface area contributed by atoms with Gasteiger partial charge in [-0.2, -0.15) is 0 Å². The zero-order valence-corrected chi connectivity index (χ0v) is 11.8. The number of nitrogens with two attached hydrogens (primary N) is 1. The van der Waals surface area contributed by atoms with Gasteiger partial charge in [-0.15, -0.1) is 0 Å². The summed E-state index contributed by atoms with van der Waals surface area (Å²) in [5.74, 6) is 0. The van der Waals surface area contributed by atoms with E-state index in [-0.39, 0.29) is 6.04 Å². The van der Waals surface area contributed by atoms with Gasteiger partial charge in [0.15, 0.2) is 0 Å². The largest absolute Gasteiger partial charge is 0.324 e. The van der Waals surface area contributed by atoms with Crippen molar-refractivity contribution in [3.8, 4) is 0 Å². The van der Waals surface area contributed by atoms with Crippen molar-refractivity contribution >= 4 is 0 Å². The first-order valence-corrected chi connectivity index (χ1v) is 7.56. The van der Waals surface area contributed by atoms with E-state index in [1.165, 1.54) is 51.4 Å². The van der Waals surface area contributed by atoms with Gasteiger partial charge in [-0.1, -0.05) is 82.6 Å². The van der Waals surface area contributed by atoms with Gasteiger partial charge in [-0.05, 0) is 18.1 Å². The molecule has 1 heteroatoms. The third-order valence-corrected chi connectivity index (χ3v) is 3.50. The van der Waals surface area contributed by atoms with Crippen molar-refractivity contribution < 1.29 is 0 Å². The van der Waals surface area contributed by atoms with E-state index in [1.54, 1.807) is 0 Å². The number of rotatable bonds is 10. The molecular weight excluding hydrogens is 218 g/mol. The minimum absolute atomic E-state index is 0.172. The summed E-state index contributed by atoms with van der Waals surface area (Å²) in [6.07, 6.45) is 12.0. The lowest BCUT2D eigenvalue weighted by Gasteiger charge is -2.11. The third kappa shape index (κ3) is 6.80. The highest BCUT2D eigenvalue weighted by molar-refractivity contribution is 5.16. The molecule has 1 aromatic carbocycles. The highest BCUT2D eigenvalue weighted by Crippen LogP contribution is 2.17. The molecular formula is C17H28N. The molecule has 1 rings (SSSR count). The van der Waals surface area contributed by atoms with Gasteiger partial charge in [0, 0.05) is 6.04 Å². The van der Waals surface area contributed by atoms with Crippen LogP contribution in [0.1, 0.15) is 76.3 Å². The van der Waals surface area contributed by atoms with Crippen molar-refractivity contribution in [2.24, 2.45) is 5.73 Å². The first kappa shape index (κ1) is 15.2. The van der Waals surface area contributed by atoms with Crippen LogP contribution in [0.4, 0.5) is 0 Å². The summed E-state index contributed by atoms with van der Waals surface area (Å²) in [7, 11) is 0. The molecule has 0 spiro atoms. The molecule has 0 saturated carbocycles.